The van der Waals surface area contributed by atoms with Gasteiger partial charge >= 0.3 is 0 Å². The Morgan fingerprint density at radius 3 is 2.75 bits per heavy atom. The summed E-state index contributed by atoms with van der Waals surface area (Å²) >= 11 is 0. The molecule has 0 aliphatic carbocycles. The quantitative estimate of drug-likeness (QED) is 0.720. The number of nitrogens with zero attached hydrogens (tertiary/aromatic N) is 1. The van der Waals surface area contributed by atoms with Gasteiger partial charge in [-0.1, -0.05) is 13.8 Å². The van der Waals surface area contributed by atoms with Crippen molar-refractivity contribution >= 4 is 0 Å². The van der Waals surface area contributed by atoms with E-state index in [1.165, 1.54) is 0 Å². The predicted octanol–water partition coefficient (Wildman–Crippen LogP) is 2.55. The second-order valence-corrected chi connectivity index (χ2v) is 3.99. The SMILES string of the molecule is CCCNCC(CC)Oc1ccc(C)nc1. The van der Waals surface area contributed by atoms with Gasteiger partial charge in [0.15, 0.2) is 0 Å². The second kappa shape index (κ2) is 7.23. The molecular weight excluding hydrogens is 200 g/mol. The van der Waals surface area contributed by atoms with Crippen LogP contribution in [0.1, 0.15) is 32.4 Å². The molecule has 90 valence electrons. The first-order valence-corrected chi connectivity index (χ1v) is 6.06. The molecule has 0 aromatic carbocycles. The molecule has 1 N–H and O–H groups in total. The lowest BCUT2D eigenvalue weighted by Gasteiger charge is -2.17. The van der Waals surface area contributed by atoms with E-state index in [4.69, 9.17) is 4.74 Å². The molecule has 0 saturated heterocycles. The van der Waals surface area contributed by atoms with Gasteiger partial charge in [-0.3, -0.25) is 4.98 Å². The highest BCUT2D eigenvalue weighted by molar-refractivity contribution is 5.19. The normalized spacial score (nSPS) is 12.4. The minimum absolute atomic E-state index is 0.232. The van der Waals surface area contributed by atoms with Crippen molar-refractivity contribution in [1.82, 2.24) is 10.3 Å². The van der Waals surface area contributed by atoms with Crippen molar-refractivity contribution in [1.29, 1.82) is 0 Å². The molecule has 1 aromatic heterocycles. The van der Waals surface area contributed by atoms with Crippen molar-refractivity contribution < 1.29 is 4.74 Å². The molecule has 0 saturated carbocycles. The summed E-state index contributed by atoms with van der Waals surface area (Å²) in [5, 5.41) is 3.37. The summed E-state index contributed by atoms with van der Waals surface area (Å²) in [7, 11) is 0. The van der Waals surface area contributed by atoms with Crippen molar-refractivity contribution in [3.63, 3.8) is 0 Å². The van der Waals surface area contributed by atoms with Crippen LogP contribution in [0.2, 0.25) is 0 Å². The molecule has 0 amide bonds. The number of aromatic nitrogens is 1. The number of aryl methyl sites for hydroxylation is 1. The number of hydrogen-bond acceptors (Lipinski definition) is 3. The lowest BCUT2D eigenvalue weighted by Crippen LogP contribution is -2.31. The highest BCUT2D eigenvalue weighted by Gasteiger charge is 2.07. The van der Waals surface area contributed by atoms with E-state index in [2.05, 4.69) is 24.1 Å². The summed E-state index contributed by atoms with van der Waals surface area (Å²) in [5.41, 5.74) is 1.02. The third-order valence-electron chi connectivity index (χ3n) is 2.44. The van der Waals surface area contributed by atoms with Crippen LogP contribution in [-0.4, -0.2) is 24.2 Å². The summed E-state index contributed by atoms with van der Waals surface area (Å²) in [6.07, 6.45) is 4.18. The smallest absolute Gasteiger partial charge is 0.138 e. The van der Waals surface area contributed by atoms with E-state index in [-0.39, 0.29) is 6.10 Å². The molecule has 1 heterocycles. The van der Waals surface area contributed by atoms with Crippen LogP contribution in [0, 0.1) is 6.92 Å². The number of ether oxygens (including phenoxy) is 1. The molecular formula is C13H22N2O. The van der Waals surface area contributed by atoms with Gasteiger partial charge in [0.05, 0.1) is 6.20 Å². The minimum Gasteiger partial charge on any atom is -0.488 e. The predicted molar refractivity (Wildman–Crippen MR) is 66.8 cm³/mol. The van der Waals surface area contributed by atoms with Gasteiger partial charge in [-0.2, -0.15) is 0 Å². The van der Waals surface area contributed by atoms with E-state index < -0.39 is 0 Å². The average Bonchev–Trinajstić information content (AvgIpc) is 2.31. The van der Waals surface area contributed by atoms with Crippen LogP contribution in [0.5, 0.6) is 5.75 Å². The number of pyridine rings is 1. The van der Waals surface area contributed by atoms with E-state index >= 15 is 0 Å². The zero-order valence-corrected chi connectivity index (χ0v) is 10.5. The Bertz CT molecular complexity index is 284. The van der Waals surface area contributed by atoms with Gasteiger partial charge in [0, 0.05) is 12.2 Å². The first-order valence-electron chi connectivity index (χ1n) is 6.06. The number of rotatable bonds is 7. The molecule has 0 aliphatic rings. The van der Waals surface area contributed by atoms with Gasteiger partial charge in [-0.25, -0.2) is 0 Å². The van der Waals surface area contributed by atoms with Crippen molar-refractivity contribution in [2.45, 2.75) is 39.7 Å². The topological polar surface area (TPSA) is 34.1 Å². The molecule has 1 rings (SSSR count). The van der Waals surface area contributed by atoms with Crippen LogP contribution >= 0.6 is 0 Å². The molecule has 0 radical (unpaired) electrons. The van der Waals surface area contributed by atoms with E-state index in [1.807, 2.05) is 19.1 Å². The third kappa shape index (κ3) is 4.62. The first kappa shape index (κ1) is 13.0. The van der Waals surface area contributed by atoms with Crippen LogP contribution < -0.4 is 10.1 Å². The van der Waals surface area contributed by atoms with E-state index in [9.17, 15) is 0 Å². The fourth-order valence-electron chi connectivity index (χ4n) is 1.43. The molecule has 0 spiro atoms. The number of nitrogens with one attached hydrogen (secondary N) is 1. The molecule has 0 bridgehead atoms. The maximum absolute atomic E-state index is 5.84. The maximum Gasteiger partial charge on any atom is 0.138 e. The van der Waals surface area contributed by atoms with Gasteiger partial charge < -0.3 is 10.1 Å². The third-order valence-corrected chi connectivity index (χ3v) is 2.44. The summed E-state index contributed by atoms with van der Waals surface area (Å²) in [5.74, 6) is 0.857. The monoisotopic (exact) mass is 222 g/mol. The van der Waals surface area contributed by atoms with Crippen molar-refractivity contribution in [3.8, 4) is 5.75 Å². The molecule has 0 aliphatic heterocycles. The van der Waals surface area contributed by atoms with E-state index in [0.29, 0.717) is 0 Å². The standard InChI is InChI=1S/C13H22N2O/c1-4-8-14-9-12(5-2)16-13-7-6-11(3)15-10-13/h6-7,10,12,14H,4-5,8-9H2,1-3H3. The molecule has 16 heavy (non-hydrogen) atoms. The van der Waals surface area contributed by atoms with E-state index in [0.717, 1.165) is 37.4 Å². The van der Waals surface area contributed by atoms with Crippen molar-refractivity contribution in [3.05, 3.63) is 24.0 Å². The van der Waals surface area contributed by atoms with Crippen molar-refractivity contribution in [2.75, 3.05) is 13.1 Å². The zero-order valence-electron chi connectivity index (χ0n) is 10.5. The van der Waals surface area contributed by atoms with Gasteiger partial charge in [0.25, 0.3) is 0 Å². The van der Waals surface area contributed by atoms with Crippen LogP contribution in [0.25, 0.3) is 0 Å². The molecule has 1 unspecified atom stereocenters. The molecule has 0 fully saturated rings. The van der Waals surface area contributed by atoms with Crippen LogP contribution in [0.4, 0.5) is 0 Å². The Hall–Kier alpha value is -1.09. The van der Waals surface area contributed by atoms with Crippen molar-refractivity contribution in [2.24, 2.45) is 0 Å². The second-order valence-electron chi connectivity index (χ2n) is 3.99. The van der Waals surface area contributed by atoms with Gasteiger partial charge in [-0.05, 0) is 38.4 Å². The Morgan fingerprint density at radius 2 is 2.19 bits per heavy atom. The highest BCUT2D eigenvalue weighted by atomic mass is 16.5. The average molecular weight is 222 g/mol. The van der Waals surface area contributed by atoms with Gasteiger partial charge in [-0.15, -0.1) is 0 Å². The first-order chi connectivity index (χ1) is 7.76. The molecule has 1 atom stereocenters. The lowest BCUT2D eigenvalue weighted by atomic mass is 10.2. The number of hydrogen-bond donors (Lipinski definition) is 1. The zero-order chi connectivity index (χ0) is 11.8. The molecule has 3 nitrogen and oxygen atoms in total. The summed E-state index contributed by atoms with van der Waals surface area (Å²) in [6, 6.07) is 3.95. The van der Waals surface area contributed by atoms with E-state index in [1.54, 1.807) is 6.20 Å². The Balaban J connectivity index is 2.40. The summed E-state index contributed by atoms with van der Waals surface area (Å²) < 4.78 is 5.84. The van der Waals surface area contributed by atoms with Crippen LogP contribution in [-0.2, 0) is 0 Å². The Kier molecular flexibility index (Phi) is 5.86. The fourth-order valence-corrected chi connectivity index (χ4v) is 1.43. The maximum atomic E-state index is 5.84. The minimum atomic E-state index is 0.232. The van der Waals surface area contributed by atoms with Crippen LogP contribution in [0.3, 0.4) is 0 Å². The van der Waals surface area contributed by atoms with Gasteiger partial charge in [0.1, 0.15) is 11.9 Å². The lowest BCUT2D eigenvalue weighted by molar-refractivity contribution is 0.193. The summed E-state index contributed by atoms with van der Waals surface area (Å²) in [6.45, 7) is 8.23. The van der Waals surface area contributed by atoms with Gasteiger partial charge in [0.2, 0.25) is 0 Å². The molecule has 3 heteroatoms. The highest BCUT2D eigenvalue weighted by Crippen LogP contribution is 2.11. The Morgan fingerprint density at radius 1 is 1.38 bits per heavy atom. The Labute approximate surface area is 98.2 Å². The summed E-state index contributed by atoms with van der Waals surface area (Å²) in [4.78, 5) is 4.22. The largest absolute Gasteiger partial charge is 0.488 e. The fraction of sp³-hybridized carbons (Fsp3) is 0.615. The van der Waals surface area contributed by atoms with Crippen LogP contribution in [0.15, 0.2) is 18.3 Å². The molecule has 1 aromatic rings.